The monoisotopic (exact) mass is 361 g/mol. The summed E-state index contributed by atoms with van der Waals surface area (Å²) in [5.41, 5.74) is 3.41. The minimum absolute atomic E-state index is 0.252. The van der Waals surface area contributed by atoms with Gasteiger partial charge in [-0.05, 0) is 61.7 Å². The maximum absolute atomic E-state index is 11.9. The number of ether oxygens (including phenoxy) is 2. The smallest absolute Gasteiger partial charge is 0.344 e. The van der Waals surface area contributed by atoms with E-state index in [1.807, 2.05) is 39.0 Å². The van der Waals surface area contributed by atoms with Gasteiger partial charge in [0.2, 0.25) is 0 Å². The maximum atomic E-state index is 11.9. The summed E-state index contributed by atoms with van der Waals surface area (Å²) in [7, 11) is 0. The van der Waals surface area contributed by atoms with Gasteiger partial charge in [0.1, 0.15) is 5.75 Å². The summed E-state index contributed by atoms with van der Waals surface area (Å²) in [5.74, 6) is -0.410. The molecule has 1 N–H and O–H groups in total. The molecule has 0 aromatic heterocycles. The fourth-order valence-corrected chi connectivity index (χ4v) is 2.37. The number of halogens is 1. The number of amides is 1. The first kappa shape index (κ1) is 18.8. The zero-order chi connectivity index (χ0) is 18.4. The first-order chi connectivity index (χ1) is 11.8. The molecular weight excluding hydrogens is 342 g/mol. The lowest BCUT2D eigenvalue weighted by molar-refractivity contribution is -0.149. The lowest BCUT2D eigenvalue weighted by Crippen LogP contribution is -2.24. The van der Waals surface area contributed by atoms with E-state index in [0.29, 0.717) is 16.5 Å². The van der Waals surface area contributed by atoms with Gasteiger partial charge in [-0.3, -0.25) is 4.79 Å². The Labute approximate surface area is 151 Å². The second-order valence-electron chi connectivity index (χ2n) is 5.73. The van der Waals surface area contributed by atoms with Crippen molar-refractivity contribution in [1.82, 2.24) is 0 Å². The van der Waals surface area contributed by atoms with Crippen LogP contribution >= 0.6 is 11.6 Å². The Morgan fingerprint density at radius 1 is 1.00 bits per heavy atom. The largest absolute Gasteiger partial charge is 0.482 e. The van der Waals surface area contributed by atoms with Crippen LogP contribution in [0, 0.1) is 20.8 Å². The van der Waals surface area contributed by atoms with Gasteiger partial charge < -0.3 is 14.8 Å². The van der Waals surface area contributed by atoms with Gasteiger partial charge in [0.25, 0.3) is 5.91 Å². The SMILES string of the molecule is Cc1ccc(C)c(OCC(=O)OCC(=O)Nc2ccc(Cl)cc2C)c1. The van der Waals surface area contributed by atoms with E-state index in [0.717, 1.165) is 16.7 Å². The minimum atomic E-state index is -0.608. The van der Waals surface area contributed by atoms with Gasteiger partial charge >= 0.3 is 5.97 Å². The summed E-state index contributed by atoms with van der Waals surface area (Å²) >= 11 is 5.87. The molecule has 0 aliphatic carbocycles. The van der Waals surface area contributed by atoms with Gasteiger partial charge in [-0.1, -0.05) is 23.7 Å². The van der Waals surface area contributed by atoms with E-state index in [-0.39, 0.29) is 13.2 Å². The Balaban J connectivity index is 1.79. The van der Waals surface area contributed by atoms with Gasteiger partial charge in [0.05, 0.1) is 0 Å². The average Bonchev–Trinajstić information content (AvgIpc) is 2.56. The molecule has 0 unspecified atom stereocenters. The summed E-state index contributed by atoms with van der Waals surface area (Å²) in [6, 6.07) is 10.8. The van der Waals surface area contributed by atoms with Crippen LogP contribution in [0.15, 0.2) is 36.4 Å². The molecule has 0 heterocycles. The fourth-order valence-electron chi connectivity index (χ4n) is 2.14. The highest BCUT2D eigenvalue weighted by molar-refractivity contribution is 6.30. The van der Waals surface area contributed by atoms with Crippen molar-refractivity contribution >= 4 is 29.2 Å². The fraction of sp³-hybridized carbons (Fsp3) is 0.263. The maximum Gasteiger partial charge on any atom is 0.344 e. The van der Waals surface area contributed by atoms with Crippen LogP contribution in [0.2, 0.25) is 5.02 Å². The van der Waals surface area contributed by atoms with E-state index in [1.54, 1.807) is 18.2 Å². The number of carbonyl (C=O) groups excluding carboxylic acids is 2. The Kier molecular flexibility index (Phi) is 6.42. The first-order valence-electron chi connectivity index (χ1n) is 7.77. The van der Waals surface area contributed by atoms with E-state index in [4.69, 9.17) is 21.1 Å². The molecule has 0 fully saturated rings. The van der Waals surface area contributed by atoms with Crippen molar-refractivity contribution in [3.8, 4) is 5.75 Å². The highest BCUT2D eigenvalue weighted by atomic mass is 35.5. The van der Waals surface area contributed by atoms with Crippen molar-refractivity contribution in [2.75, 3.05) is 18.5 Å². The Hall–Kier alpha value is -2.53. The van der Waals surface area contributed by atoms with E-state index < -0.39 is 11.9 Å². The zero-order valence-electron chi connectivity index (χ0n) is 14.4. The van der Waals surface area contributed by atoms with Crippen molar-refractivity contribution in [3.05, 3.63) is 58.1 Å². The standard InChI is InChI=1S/C19H20ClNO4/c1-12-4-5-13(2)17(8-12)24-11-19(23)25-10-18(22)21-16-7-6-15(20)9-14(16)3/h4-9H,10-11H2,1-3H3,(H,21,22). The lowest BCUT2D eigenvalue weighted by atomic mass is 10.1. The second-order valence-corrected chi connectivity index (χ2v) is 6.16. The van der Waals surface area contributed by atoms with Crippen LogP contribution in [-0.2, 0) is 14.3 Å². The van der Waals surface area contributed by atoms with Crippen LogP contribution in [0.3, 0.4) is 0 Å². The number of esters is 1. The molecule has 5 nitrogen and oxygen atoms in total. The number of hydrogen-bond donors (Lipinski definition) is 1. The van der Waals surface area contributed by atoms with Crippen LogP contribution in [0.4, 0.5) is 5.69 Å². The van der Waals surface area contributed by atoms with Crippen molar-refractivity contribution in [2.45, 2.75) is 20.8 Å². The molecule has 6 heteroatoms. The molecule has 0 aliphatic rings. The molecule has 2 aromatic carbocycles. The van der Waals surface area contributed by atoms with E-state index >= 15 is 0 Å². The second kappa shape index (κ2) is 8.53. The third-order valence-corrected chi connectivity index (χ3v) is 3.75. The van der Waals surface area contributed by atoms with Gasteiger partial charge in [0, 0.05) is 10.7 Å². The first-order valence-corrected chi connectivity index (χ1v) is 8.14. The summed E-state index contributed by atoms with van der Waals surface area (Å²) in [6.45, 7) is 5.02. The summed E-state index contributed by atoms with van der Waals surface area (Å²) in [4.78, 5) is 23.6. The number of aryl methyl sites for hydroxylation is 3. The van der Waals surface area contributed by atoms with Crippen LogP contribution < -0.4 is 10.1 Å². The van der Waals surface area contributed by atoms with Gasteiger partial charge in [-0.2, -0.15) is 0 Å². The highest BCUT2D eigenvalue weighted by Gasteiger charge is 2.11. The number of rotatable bonds is 6. The zero-order valence-corrected chi connectivity index (χ0v) is 15.1. The molecule has 132 valence electrons. The molecule has 0 aliphatic heterocycles. The third-order valence-electron chi connectivity index (χ3n) is 3.52. The van der Waals surface area contributed by atoms with Crippen molar-refractivity contribution in [1.29, 1.82) is 0 Å². The molecule has 0 radical (unpaired) electrons. The molecule has 2 aromatic rings. The van der Waals surface area contributed by atoms with Crippen LogP contribution in [-0.4, -0.2) is 25.1 Å². The number of carbonyl (C=O) groups is 2. The number of nitrogens with one attached hydrogen (secondary N) is 1. The van der Waals surface area contributed by atoms with Crippen LogP contribution in [0.5, 0.6) is 5.75 Å². The van der Waals surface area contributed by atoms with Crippen molar-refractivity contribution < 1.29 is 19.1 Å². The summed E-state index contributed by atoms with van der Waals surface area (Å²) < 4.78 is 10.4. The topological polar surface area (TPSA) is 64.6 Å². The van der Waals surface area contributed by atoms with Crippen LogP contribution in [0.1, 0.15) is 16.7 Å². The predicted octanol–water partition coefficient (Wildman–Crippen LogP) is 3.83. The molecule has 0 saturated heterocycles. The van der Waals surface area contributed by atoms with Crippen molar-refractivity contribution in [3.63, 3.8) is 0 Å². The molecule has 25 heavy (non-hydrogen) atoms. The number of hydrogen-bond acceptors (Lipinski definition) is 4. The highest BCUT2D eigenvalue weighted by Crippen LogP contribution is 2.20. The molecule has 2 rings (SSSR count). The van der Waals surface area contributed by atoms with Crippen LogP contribution in [0.25, 0.3) is 0 Å². The predicted molar refractivity (Wildman–Crippen MR) is 97.2 cm³/mol. The van der Waals surface area contributed by atoms with Crippen molar-refractivity contribution in [2.24, 2.45) is 0 Å². The summed E-state index contributed by atoms with van der Waals surface area (Å²) in [5, 5.41) is 3.26. The average molecular weight is 362 g/mol. The van der Waals surface area contributed by atoms with E-state index in [9.17, 15) is 9.59 Å². The quantitative estimate of drug-likeness (QED) is 0.794. The molecule has 0 atom stereocenters. The summed E-state index contributed by atoms with van der Waals surface area (Å²) in [6.07, 6.45) is 0. The molecule has 0 bridgehead atoms. The molecule has 0 saturated carbocycles. The number of anilines is 1. The third kappa shape index (κ3) is 5.80. The lowest BCUT2D eigenvalue weighted by Gasteiger charge is -2.11. The van der Waals surface area contributed by atoms with E-state index in [1.165, 1.54) is 0 Å². The molecule has 0 spiro atoms. The minimum Gasteiger partial charge on any atom is -0.482 e. The van der Waals surface area contributed by atoms with Gasteiger partial charge in [-0.15, -0.1) is 0 Å². The van der Waals surface area contributed by atoms with E-state index in [2.05, 4.69) is 5.32 Å². The number of benzene rings is 2. The Bertz CT molecular complexity index is 789. The Morgan fingerprint density at radius 2 is 1.76 bits per heavy atom. The van der Waals surface area contributed by atoms with Gasteiger partial charge in [-0.25, -0.2) is 4.79 Å². The van der Waals surface area contributed by atoms with Gasteiger partial charge in [0.15, 0.2) is 13.2 Å². The normalized spacial score (nSPS) is 10.2. The molecular formula is C19H20ClNO4. The Morgan fingerprint density at radius 3 is 2.48 bits per heavy atom. The molecule has 1 amide bonds.